The zero-order valence-electron chi connectivity index (χ0n) is 16.9. The molecule has 150 valence electrons. The number of Topliss-reactive ketones (excluding diaryl/α,β-unsaturated/α-hetero) is 1. The normalized spacial score (nSPS) is 45.1. The van der Waals surface area contributed by atoms with Crippen molar-refractivity contribution in [1.29, 1.82) is 0 Å². The van der Waals surface area contributed by atoms with Gasteiger partial charge in [-0.15, -0.1) is 0 Å². The summed E-state index contributed by atoms with van der Waals surface area (Å²) in [6, 6.07) is 9.99. The van der Waals surface area contributed by atoms with Gasteiger partial charge in [0.25, 0.3) is 0 Å². The Hall–Kier alpha value is -1.72. The molecule has 5 fully saturated rings. The van der Waals surface area contributed by atoms with Crippen molar-refractivity contribution in [3.8, 4) is 0 Å². The lowest BCUT2D eigenvalue weighted by Crippen LogP contribution is -2.47. The lowest BCUT2D eigenvalue weighted by Gasteiger charge is -2.41. The summed E-state index contributed by atoms with van der Waals surface area (Å²) in [5.74, 6) is -1.33. The second kappa shape index (κ2) is 5.67. The molecule has 0 N–H and O–H groups in total. The van der Waals surface area contributed by atoms with Crippen LogP contribution >= 0.6 is 0 Å². The number of ether oxygens (including phenoxy) is 3. The third kappa shape index (κ3) is 2.04. The van der Waals surface area contributed by atoms with Crippen LogP contribution in [0.4, 0.5) is 0 Å². The van der Waals surface area contributed by atoms with Crippen molar-refractivity contribution >= 4 is 11.8 Å². The molecule has 0 amide bonds. The number of hydrogen-bond acceptors (Lipinski definition) is 5. The van der Waals surface area contributed by atoms with E-state index < -0.39 is 11.2 Å². The van der Waals surface area contributed by atoms with E-state index in [1.807, 2.05) is 51.1 Å². The molecule has 1 aromatic rings. The van der Waals surface area contributed by atoms with Gasteiger partial charge in [0.2, 0.25) is 0 Å². The molecule has 28 heavy (non-hydrogen) atoms. The fourth-order valence-corrected chi connectivity index (χ4v) is 6.84. The van der Waals surface area contributed by atoms with Crippen LogP contribution in [0.3, 0.4) is 0 Å². The van der Waals surface area contributed by atoms with Crippen molar-refractivity contribution < 1.29 is 23.8 Å². The van der Waals surface area contributed by atoms with Gasteiger partial charge in [-0.05, 0) is 44.6 Å². The second-order valence-electron chi connectivity index (χ2n) is 9.44. The minimum atomic E-state index is -0.767. The molecule has 0 aromatic heterocycles. The Morgan fingerprint density at radius 3 is 2.54 bits per heavy atom. The summed E-state index contributed by atoms with van der Waals surface area (Å²) in [6.45, 7) is 8.05. The molecule has 0 spiro atoms. The molecule has 1 saturated heterocycles. The first kappa shape index (κ1) is 18.3. The molecule has 1 heterocycles. The van der Waals surface area contributed by atoms with Gasteiger partial charge in [-0.1, -0.05) is 37.3 Å². The van der Waals surface area contributed by atoms with Gasteiger partial charge in [0, 0.05) is 17.8 Å². The van der Waals surface area contributed by atoms with Gasteiger partial charge in [-0.3, -0.25) is 9.59 Å². The largest absolute Gasteiger partial charge is 0.466 e. The molecule has 4 aliphatic carbocycles. The molecule has 4 saturated carbocycles. The van der Waals surface area contributed by atoms with Gasteiger partial charge >= 0.3 is 5.97 Å². The molecule has 5 heteroatoms. The van der Waals surface area contributed by atoms with Gasteiger partial charge < -0.3 is 14.2 Å². The highest BCUT2D eigenvalue weighted by Gasteiger charge is 2.91. The number of carbonyl (C=O) groups excluding carboxylic acids is 2. The average molecular weight is 384 g/mol. The smallest absolute Gasteiger partial charge is 0.313 e. The van der Waals surface area contributed by atoms with Crippen LogP contribution in [0.15, 0.2) is 30.3 Å². The van der Waals surface area contributed by atoms with E-state index in [9.17, 15) is 9.59 Å². The number of rotatable bonds is 4. The van der Waals surface area contributed by atoms with Crippen LogP contribution in [0.1, 0.15) is 52.2 Å². The van der Waals surface area contributed by atoms with Crippen molar-refractivity contribution in [2.75, 3.05) is 6.61 Å². The quantitative estimate of drug-likeness (QED) is 0.741. The summed E-state index contributed by atoms with van der Waals surface area (Å²) in [5.41, 5.74) is -0.0490. The number of esters is 1. The Bertz CT molecular complexity index is 833. The van der Waals surface area contributed by atoms with Crippen LogP contribution in [0.2, 0.25) is 0 Å². The first-order valence-corrected chi connectivity index (χ1v) is 10.4. The van der Waals surface area contributed by atoms with Crippen molar-refractivity contribution in [3.05, 3.63) is 35.9 Å². The minimum Gasteiger partial charge on any atom is -0.466 e. The monoisotopic (exact) mass is 384 g/mol. The minimum absolute atomic E-state index is 0.148. The van der Waals surface area contributed by atoms with Gasteiger partial charge in [0.15, 0.2) is 5.79 Å². The zero-order valence-corrected chi connectivity index (χ0v) is 16.9. The number of carbonyl (C=O) groups is 2. The van der Waals surface area contributed by atoms with Crippen molar-refractivity contribution in [2.24, 2.45) is 28.6 Å². The van der Waals surface area contributed by atoms with Gasteiger partial charge in [0.05, 0.1) is 18.1 Å². The summed E-state index contributed by atoms with van der Waals surface area (Å²) in [6.07, 6.45) is 1.07. The number of fused-ring (bicyclic) bond motifs is 1. The maximum Gasteiger partial charge on any atom is 0.313 e. The summed E-state index contributed by atoms with van der Waals surface area (Å²) < 4.78 is 18.2. The molecule has 1 aromatic carbocycles. The topological polar surface area (TPSA) is 61.8 Å². The maximum absolute atomic E-state index is 13.3. The van der Waals surface area contributed by atoms with Gasteiger partial charge in [0.1, 0.15) is 11.9 Å². The number of benzene rings is 1. The standard InChI is InChI=1S/C23H28O5/c1-5-26-20(25)23-15(14-11-12-22(23,4)19(23)16(14)24)18-17(27-21(2,3)28-18)13-9-7-6-8-10-13/h6-10,14-15,17-19H,5,11-12H2,1-4H3/t14-,15-,17-,18-,19+,22-,23-/m0/s1. The highest BCUT2D eigenvalue weighted by Crippen LogP contribution is 2.85. The SMILES string of the molecule is CCOC(=O)[C@@]12[C@H]([C@@H]3OC(C)(C)O[C@H]3c3ccccc3)[C@@H]3CC[C@@]1(C)[C@H]2C3=O. The Kier molecular flexibility index (Phi) is 3.71. The molecule has 4 bridgehead atoms. The molecule has 0 radical (unpaired) electrons. The second-order valence-corrected chi connectivity index (χ2v) is 9.44. The summed E-state index contributed by atoms with van der Waals surface area (Å²) in [5, 5.41) is 0. The molecule has 1 aliphatic heterocycles. The Labute approximate surface area is 165 Å². The maximum atomic E-state index is 13.3. The molecule has 5 nitrogen and oxygen atoms in total. The Morgan fingerprint density at radius 1 is 1.18 bits per heavy atom. The number of ketones is 1. The van der Waals surface area contributed by atoms with Crippen LogP contribution in [0.5, 0.6) is 0 Å². The molecule has 6 rings (SSSR count). The molecular weight excluding hydrogens is 356 g/mol. The van der Waals surface area contributed by atoms with E-state index in [4.69, 9.17) is 14.2 Å². The van der Waals surface area contributed by atoms with E-state index in [1.165, 1.54) is 0 Å². The van der Waals surface area contributed by atoms with Crippen LogP contribution in [0, 0.1) is 28.6 Å². The van der Waals surface area contributed by atoms with E-state index in [0.717, 1.165) is 18.4 Å². The highest BCUT2D eigenvalue weighted by atomic mass is 16.8. The van der Waals surface area contributed by atoms with E-state index in [0.29, 0.717) is 6.61 Å². The summed E-state index contributed by atoms with van der Waals surface area (Å²) in [4.78, 5) is 26.4. The predicted molar refractivity (Wildman–Crippen MR) is 101 cm³/mol. The van der Waals surface area contributed by atoms with Crippen molar-refractivity contribution in [3.63, 3.8) is 0 Å². The summed E-state index contributed by atoms with van der Waals surface area (Å²) >= 11 is 0. The van der Waals surface area contributed by atoms with E-state index in [2.05, 4.69) is 6.92 Å². The lowest BCUT2D eigenvalue weighted by atomic mass is 9.63. The average Bonchev–Trinajstić information content (AvgIpc) is 2.96. The van der Waals surface area contributed by atoms with Crippen molar-refractivity contribution in [1.82, 2.24) is 0 Å². The third-order valence-electron chi connectivity index (χ3n) is 7.76. The third-order valence-corrected chi connectivity index (χ3v) is 7.76. The number of hydrogen-bond donors (Lipinski definition) is 0. The van der Waals surface area contributed by atoms with Crippen LogP contribution in [0.25, 0.3) is 0 Å². The van der Waals surface area contributed by atoms with Gasteiger partial charge in [-0.25, -0.2) is 0 Å². The molecule has 0 unspecified atom stereocenters. The van der Waals surface area contributed by atoms with Crippen LogP contribution in [-0.2, 0) is 23.8 Å². The Morgan fingerprint density at radius 2 is 1.89 bits per heavy atom. The van der Waals surface area contributed by atoms with E-state index >= 15 is 0 Å². The van der Waals surface area contributed by atoms with Crippen LogP contribution in [-0.4, -0.2) is 30.3 Å². The Balaban J connectivity index is 1.61. The lowest BCUT2D eigenvalue weighted by molar-refractivity contribution is -0.171. The van der Waals surface area contributed by atoms with E-state index in [-0.39, 0.29) is 47.1 Å². The first-order valence-electron chi connectivity index (χ1n) is 10.4. The zero-order chi connectivity index (χ0) is 19.9. The molecule has 5 aliphatic rings. The van der Waals surface area contributed by atoms with Gasteiger partial charge in [-0.2, -0.15) is 0 Å². The first-order chi connectivity index (χ1) is 13.3. The highest BCUT2D eigenvalue weighted by molar-refractivity contribution is 6.03. The molecule has 7 atom stereocenters. The van der Waals surface area contributed by atoms with Crippen molar-refractivity contribution in [2.45, 2.75) is 58.5 Å². The summed E-state index contributed by atoms with van der Waals surface area (Å²) in [7, 11) is 0. The fourth-order valence-electron chi connectivity index (χ4n) is 6.84. The predicted octanol–water partition coefficient (Wildman–Crippen LogP) is 3.67. The van der Waals surface area contributed by atoms with E-state index in [1.54, 1.807) is 0 Å². The fraction of sp³-hybridized carbons (Fsp3) is 0.652. The molecular formula is C23H28O5. The van der Waals surface area contributed by atoms with Crippen LogP contribution < -0.4 is 0 Å².